The highest BCUT2D eigenvalue weighted by Gasteiger charge is 2.52. The zero-order valence-electron chi connectivity index (χ0n) is 12.0. The standard InChI is InChI=1S/C14H26N2O2/c1-10(2)16(11(3)4)13(17)7-15-8-14(18,9-15)12-5-6-12/h10-12,18H,5-9H2,1-4H3. The molecule has 104 valence electrons. The van der Waals surface area contributed by atoms with Crippen molar-refractivity contribution in [2.45, 2.75) is 58.2 Å². The van der Waals surface area contributed by atoms with Gasteiger partial charge < -0.3 is 10.0 Å². The smallest absolute Gasteiger partial charge is 0.237 e. The highest BCUT2D eigenvalue weighted by atomic mass is 16.3. The van der Waals surface area contributed by atoms with Gasteiger partial charge in [0.1, 0.15) is 0 Å². The minimum Gasteiger partial charge on any atom is -0.387 e. The van der Waals surface area contributed by atoms with Crippen LogP contribution < -0.4 is 0 Å². The average molecular weight is 254 g/mol. The van der Waals surface area contributed by atoms with E-state index in [4.69, 9.17) is 0 Å². The number of β-amino-alcohol motifs (C(OH)–C–C–N with tert-alkyl or cyclic N) is 1. The molecule has 4 nitrogen and oxygen atoms in total. The Bertz CT molecular complexity index is 310. The minimum absolute atomic E-state index is 0.179. The fourth-order valence-corrected chi connectivity index (χ4v) is 3.16. The van der Waals surface area contributed by atoms with Crippen LogP contribution in [0.25, 0.3) is 0 Å². The molecule has 1 aliphatic heterocycles. The maximum atomic E-state index is 12.2. The van der Waals surface area contributed by atoms with E-state index in [0.717, 1.165) is 12.8 Å². The first kappa shape index (κ1) is 13.8. The van der Waals surface area contributed by atoms with E-state index in [-0.39, 0.29) is 18.0 Å². The van der Waals surface area contributed by atoms with Crippen molar-refractivity contribution in [1.29, 1.82) is 0 Å². The van der Waals surface area contributed by atoms with Gasteiger partial charge in [-0.1, -0.05) is 0 Å². The van der Waals surface area contributed by atoms with Gasteiger partial charge in [0.15, 0.2) is 0 Å². The molecule has 0 unspecified atom stereocenters. The van der Waals surface area contributed by atoms with Gasteiger partial charge in [-0.15, -0.1) is 0 Å². The Morgan fingerprint density at radius 2 is 1.78 bits per heavy atom. The molecule has 18 heavy (non-hydrogen) atoms. The number of likely N-dealkylation sites (tertiary alicyclic amines) is 1. The summed E-state index contributed by atoms with van der Waals surface area (Å²) in [5.74, 6) is 0.674. The average Bonchev–Trinajstić information content (AvgIpc) is 2.95. The van der Waals surface area contributed by atoms with Crippen molar-refractivity contribution in [3.63, 3.8) is 0 Å². The Morgan fingerprint density at radius 3 is 2.17 bits per heavy atom. The van der Waals surface area contributed by atoms with E-state index in [9.17, 15) is 9.90 Å². The first-order chi connectivity index (χ1) is 8.33. The quantitative estimate of drug-likeness (QED) is 0.798. The molecule has 2 fully saturated rings. The van der Waals surface area contributed by atoms with Gasteiger partial charge in [-0.3, -0.25) is 9.69 Å². The molecule has 1 amide bonds. The maximum Gasteiger partial charge on any atom is 0.237 e. The number of hydrogen-bond donors (Lipinski definition) is 1. The lowest BCUT2D eigenvalue weighted by Gasteiger charge is -2.47. The van der Waals surface area contributed by atoms with E-state index in [1.54, 1.807) is 0 Å². The van der Waals surface area contributed by atoms with Crippen LogP contribution in [0.4, 0.5) is 0 Å². The van der Waals surface area contributed by atoms with E-state index in [0.29, 0.717) is 25.6 Å². The summed E-state index contributed by atoms with van der Waals surface area (Å²) in [6.45, 7) is 10.00. The zero-order valence-corrected chi connectivity index (χ0v) is 12.0. The number of nitrogens with zero attached hydrogens (tertiary/aromatic N) is 2. The molecule has 0 aromatic rings. The third kappa shape index (κ3) is 2.69. The molecule has 0 aromatic heterocycles. The lowest BCUT2D eigenvalue weighted by atomic mass is 9.89. The molecule has 1 aliphatic carbocycles. The Balaban J connectivity index is 1.81. The molecule has 2 rings (SSSR count). The molecule has 0 aromatic carbocycles. The summed E-state index contributed by atoms with van der Waals surface area (Å²) < 4.78 is 0. The molecule has 0 radical (unpaired) electrons. The van der Waals surface area contributed by atoms with Crippen LogP contribution in [0.15, 0.2) is 0 Å². The van der Waals surface area contributed by atoms with Crippen LogP contribution >= 0.6 is 0 Å². The van der Waals surface area contributed by atoms with Crippen molar-refractivity contribution in [1.82, 2.24) is 9.80 Å². The van der Waals surface area contributed by atoms with Crippen molar-refractivity contribution in [3.05, 3.63) is 0 Å². The summed E-state index contributed by atoms with van der Waals surface area (Å²) in [5.41, 5.74) is -0.485. The maximum absolute atomic E-state index is 12.2. The summed E-state index contributed by atoms with van der Waals surface area (Å²) in [6, 6.07) is 0.474. The topological polar surface area (TPSA) is 43.8 Å². The zero-order chi connectivity index (χ0) is 13.5. The van der Waals surface area contributed by atoms with Crippen molar-refractivity contribution in [3.8, 4) is 0 Å². The second-order valence-electron chi connectivity index (χ2n) is 6.51. The van der Waals surface area contributed by atoms with Crippen LogP contribution in [-0.2, 0) is 4.79 Å². The van der Waals surface area contributed by atoms with Gasteiger partial charge in [0.2, 0.25) is 5.91 Å². The third-order valence-electron chi connectivity index (χ3n) is 4.09. The summed E-state index contributed by atoms with van der Waals surface area (Å²) in [7, 11) is 0. The number of carbonyl (C=O) groups is 1. The Kier molecular flexibility index (Phi) is 3.70. The molecule has 2 aliphatic rings. The van der Waals surface area contributed by atoms with Crippen LogP contribution in [0.1, 0.15) is 40.5 Å². The molecule has 1 N–H and O–H groups in total. The van der Waals surface area contributed by atoms with Crippen molar-refractivity contribution >= 4 is 5.91 Å². The van der Waals surface area contributed by atoms with Gasteiger partial charge in [-0.25, -0.2) is 0 Å². The van der Waals surface area contributed by atoms with Crippen molar-refractivity contribution in [2.75, 3.05) is 19.6 Å². The SMILES string of the molecule is CC(C)N(C(=O)CN1CC(O)(C2CC2)C1)C(C)C. The number of carbonyl (C=O) groups excluding carboxylic acids is 1. The highest BCUT2D eigenvalue weighted by Crippen LogP contribution is 2.44. The largest absolute Gasteiger partial charge is 0.387 e. The van der Waals surface area contributed by atoms with E-state index in [2.05, 4.69) is 32.6 Å². The van der Waals surface area contributed by atoms with Gasteiger partial charge in [-0.2, -0.15) is 0 Å². The summed E-state index contributed by atoms with van der Waals surface area (Å²) in [4.78, 5) is 16.2. The normalized spacial score (nSPS) is 23.3. The van der Waals surface area contributed by atoms with E-state index in [1.165, 1.54) is 0 Å². The van der Waals surface area contributed by atoms with E-state index in [1.807, 2.05) is 4.90 Å². The van der Waals surface area contributed by atoms with Gasteiger partial charge in [0, 0.05) is 25.2 Å². The lowest BCUT2D eigenvalue weighted by molar-refractivity contribution is -0.147. The molecule has 0 atom stereocenters. The molecule has 4 heteroatoms. The van der Waals surface area contributed by atoms with Crippen molar-refractivity contribution in [2.24, 2.45) is 5.92 Å². The van der Waals surface area contributed by atoms with Gasteiger partial charge in [0.25, 0.3) is 0 Å². The summed E-state index contributed by atoms with van der Waals surface area (Å²) in [6.07, 6.45) is 2.31. The van der Waals surface area contributed by atoms with Gasteiger partial charge in [-0.05, 0) is 46.5 Å². The molecule has 0 bridgehead atoms. The number of amides is 1. The highest BCUT2D eigenvalue weighted by molar-refractivity contribution is 5.79. The number of hydrogen-bond acceptors (Lipinski definition) is 3. The first-order valence-corrected chi connectivity index (χ1v) is 7.09. The van der Waals surface area contributed by atoms with Crippen LogP contribution in [-0.4, -0.2) is 58.1 Å². The Hall–Kier alpha value is -0.610. The summed E-state index contributed by atoms with van der Waals surface area (Å²) >= 11 is 0. The second-order valence-corrected chi connectivity index (χ2v) is 6.51. The fraction of sp³-hybridized carbons (Fsp3) is 0.929. The second kappa shape index (κ2) is 4.82. The predicted octanol–water partition coefficient (Wildman–Crippen LogP) is 1.09. The van der Waals surface area contributed by atoms with Crippen LogP contribution in [0.3, 0.4) is 0 Å². The summed E-state index contributed by atoms with van der Waals surface area (Å²) in [5, 5.41) is 10.2. The first-order valence-electron chi connectivity index (χ1n) is 7.09. The minimum atomic E-state index is -0.485. The lowest BCUT2D eigenvalue weighted by Crippen LogP contribution is -2.65. The van der Waals surface area contributed by atoms with Gasteiger partial charge >= 0.3 is 0 Å². The predicted molar refractivity (Wildman–Crippen MR) is 71.2 cm³/mol. The third-order valence-corrected chi connectivity index (χ3v) is 4.09. The molecule has 1 saturated carbocycles. The monoisotopic (exact) mass is 254 g/mol. The van der Waals surface area contributed by atoms with Crippen LogP contribution in [0, 0.1) is 5.92 Å². The molecular weight excluding hydrogens is 228 g/mol. The molecule has 1 saturated heterocycles. The van der Waals surface area contributed by atoms with E-state index < -0.39 is 5.60 Å². The molecular formula is C14H26N2O2. The Morgan fingerprint density at radius 1 is 1.28 bits per heavy atom. The molecule has 1 heterocycles. The van der Waals surface area contributed by atoms with Crippen LogP contribution in [0.2, 0.25) is 0 Å². The van der Waals surface area contributed by atoms with Crippen LogP contribution in [0.5, 0.6) is 0 Å². The Labute approximate surface area is 110 Å². The number of rotatable bonds is 5. The van der Waals surface area contributed by atoms with Gasteiger partial charge in [0.05, 0.1) is 12.1 Å². The molecule has 0 spiro atoms. The van der Waals surface area contributed by atoms with E-state index >= 15 is 0 Å². The van der Waals surface area contributed by atoms with Crippen molar-refractivity contribution < 1.29 is 9.90 Å². The number of aliphatic hydroxyl groups is 1. The fourth-order valence-electron chi connectivity index (χ4n) is 3.16.